The van der Waals surface area contributed by atoms with Crippen molar-refractivity contribution in [1.82, 2.24) is 0 Å². The lowest BCUT2D eigenvalue weighted by Gasteiger charge is -2.29. The molecule has 0 aliphatic carbocycles. The van der Waals surface area contributed by atoms with Crippen molar-refractivity contribution >= 4 is 6.08 Å². The zero-order chi connectivity index (χ0) is 14.0. The van der Waals surface area contributed by atoms with Gasteiger partial charge in [0.15, 0.2) is 0 Å². The molecule has 1 aromatic carbocycles. The van der Waals surface area contributed by atoms with Crippen LogP contribution < -0.4 is 9.47 Å². The summed E-state index contributed by atoms with van der Waals surface area (Å²) in [5.74, 6) is 1.67. The third-order valence-electron chi connectivity index (χ3n) is 3.25. The van der Waals surface area contributed by atoms with Gasteiger partial charge in [-0.2, -0.15) is 0 Å². The molecule has 1 aromatic rings. The summed E-state index contributed by atoms with van der Waals surface area (Å²) in [4.78, 5) is 0. The first kappa shape index (κ1) is 13.9. The number of ether oxygens (including phenoxy) is 3. The van der Waals surface area contributed by atoms with E-state index in [2.05, 4.69) is 18.2 Å². The molecule has 3 nitrogen and oxygen atoms in total. The predicted molar refractivity (Wildman–Crippen MR) is 76.8 cm³/mol. The SMILES string of the molecule is CCO[C@H](C)c1cc2c(cc1OC)OC(C)(C)C=C2. The standard InChI is InChI=1S/C16H22O3/c1-6-18-11(2)13-9-12-7-8-16(3,4)19-14(12)10-15(13)17-5/h7-11H,6H2,1-5H3/t11-/m1/s1. The second-order valence-electron chi connectivity index (χ2n) is 5.27. The summed E-state index contributed by atoms with van der Waals surface area (Å²) in [6, 6.07) is 4.03. The second kappa shape index (κ2) is 5.25. The summed E-state index contributed by atoms with van der Waals surface area (Å²) in [7, 11) is 1.67. The van der Waals surface area contributed by atoms with Crippen LogP contribution >= 0.6 is 0 Å². The van der Waals surface area contributed by atoms with Crippen LogP contribution in [0, 0.1) is 0 Å². The quantitative estimate of drug-likeness (QED) is 0.821. The smallest absolute Gasteiger partial charge is 0.131 e. The molecule has 0 fully saturated rings. The lowest BCUT2D eigenvalue weighted by Crippen LogP contribution is -2.27. The van der Waals surface area contributed by atoms with E-state index in [0.29, 0.717) is 6.61 Å². The maximum Gasteiger partial charge on any atom is 0.131 e. The van der Waals surface area contributed by atoms with E-state index in [1.807, 2.05) is 33.8 Å². The van der Waals surface area contributed by atoms with Crippen LogP contribution in [0.15, 0.2) is 18.2 Å². The topological polar surface area (TPSA) is 27.7 Å². The van der Waals surface area contributed by atoms with Gasteiger partial charge in [0, 0.05) is 23.8 Å². The maximum atomic E-state index is 5.95. The fourth-order valence-corrected chi connectivity index (χ4v) is 2.26. The maximum absolute atomic E-state index is 5.95. The fourth-order valence-electron chi connectivity index (χ4n) is 2.26. The Balaban J connectivity index is 2.43. The van der Waals surface area contributed by atoms with Crippen LogP contribution in [0.25, 0.3) is 6.08 Å². The molecule has 0 N–H and O–H groups in total. The highest BCUT2D eigenvalue weighted by atomic mass is 16.5. The van der Waals surface area contributed by atoms with Crippen LogP contribution in [0.2, 0.25) is 0 Å². The molecule has 19 heavy (non-hydrogen) atoms. The highest BCUT2D eigenvalue weighted by Crippen LogP contribution is 2.38. The highest BCUT2D eigenvalue weighted by molar-refractivity contribution is 5.64. The van der Waals surface area contributed by atoms with Crippen molar-refractivity contribution in [2.75, 3.05) is 13.7 Å². The van der Waals surface area contributed by atoms with Gasteiger partial charge < -0.3 is 14.2 Å². The zero-order valence-corrected chi connectivity index (χ0v) is 12.3. The first-order valence-electron chi connectivity index (χ1n) is 6.68. The average Bonchev–Trinajstić information content (AvgIpc) is 2.36. The molecule has 2 rings (SSSR count). The van der Waals surface area contributed by atoms with Crippen molar-refractivity contribution in [3.05, 3.63) is 29.3 Å². The first-order valence-corrected chi connectivity index (χ1v) is 6.68. The van der Waals surface area contributed by atoms with Crippen LogP contribution in [0.4, 0.5) is 0 Å². The Hall–Kier alpha value is -1.48. The Bertz CT molecular complexity index is 489. The van der Waals surface area contributed by atoms with Gasteiger partial charge in [0.2, 0.25) is 0 Å². The molecule has 1 atom stereocenters. The Morgan fingerprint density at radius 3 is 2.68 bits per heavy atom. The van der Waals surface area contributed by atoms with Gasteiger partial charge >= 0.3 is 0 Å². The van der Waals surface area contributed by atoms with E-state index in [1.165, 1.54) is 0 Å². The van der Waals surface area contributed by atoms with E-state index in [1.54, 1.807) is 7.11 Å². The lowest BCUT2D eigenvalue weighted by atomic mass is 9.98. The minimum atomic E-state index is -0.273. The number of rotatable bonds is 4. The van der Waals surface area contributed by atoms with Gasteiger partial charge in [-0.25, -0.2) is 0 Å². The van der Waals surface area contributed by atoms with Gasteiger partial charge in [0.25, 0.3) is 0 Å². The van der Waals surface area contributed by atoms with Gasteiger partial charge in [0.1, 0.15) is 17.1 Å². The van der Waals surface area contributed by atoms with Crippen molar-refractivity contribution in [1.29, 1.82) is 0 Å². The summed E-state index contributed by atoms with van der Waals surface area (Å²) >= 11 is 0. The number of benzene rings is 1. The summed E-state index contributed by atoms with van der Waals surface area (Å²) in [5.41, 5.74) is 1.85. The molecule has 0 saturated heterocycles. The molecule has 0 bridgehead atoms. The van der Waals surface area contributed by atoms with Crippen LogP contribution in [-0.2, 0) is 4.74 Å². The number of fused-ring (bicyclic) bond motifs is 1. The van der Waals surface area contributed by atoms with E-state index < -0.39 is 0 Å². The van der Waals surface area contributed by atoms with Gasteiger partial charge in [-0.3, -0.25) is 0 Å². The Labute approximate surface area is 115 Å². The Morgan fingerprint density at radius 1 is 1.32 bits per heavy atom. The molecule has 0 aromatic heterocycles. The molecule has 104 valence electrons. The fraction of sp³-hybridized carbons (Fsp3) is 0.500. The molecule has 1 aliphatic rings. The van der Waals surface area contributed by atoms with Crippen LogP contribution in [0.3, 0.4) is 0 Å². The lowest BCUT2D eigenvalue weighted by molar-refractivity contribution is 0.0743. The normalized spacial score (nSPS) is 17.5. The molecule has 1 heterocycles. The largest absolute Gasteiger partial charge is 0.496 e. The monoisotopic (exact) mass is 262 g/mol. The first-order chi connectivity index (χ1) is 8.96. The van der Waals surface area contributed by atoms with Crippen molar-refractivity contribution in [2.45, 2.75) is 39.4 Å². The van der Waals surface area contributed by atoms with Crippen molar-refractivity contribution in [3.8, 4) is 11.5 Å². The minimum Gasteiger partial charge on any atom is -0.496 e. The third-order valence-corrected chi connectivity index (χ3v) is 3.25. The highest BCUT2D eigenvalue weighted by Gasteiger charge is 2.24. The molecule has 3 heteroatoms. The summed E-state index contributed by atoms with van der Waals surface area (Å²) in [6.45, 7) is 8.78. The molecular formula is C16H22O3. The summed E-state index contributed by atoms with van der Waals surface area (Å²) < 4.78 is 17.1. The molecular weight excluding hydrogens is 240 g/mol. The molecule has 0 radical (unpaired) electrons. The Morgan fingerprint density at radius 2 is 2.05 bits per heavy atom. The van der Waals surface area contributed by atoms with E-state index >= 15 is 0 Å². The van der Waals surface area contributed by atoms with Crippen molar-refractivity contribution < 1.29 is 14.2 Å². The van der Waals surface area contributed by atoms with Crippen molar-refractivity contribution in [2.24, 2.45) is 0 Å². The summed E-state index contributed by atoms with van der Waals surface area (Å²) in [5, 5.41) is 0. The van der Waals surface area contributed by atoms with E-state index in [4.69, 9.17) is 14.2 Å². The minimum absolute atomic E-state index is 0.00795. The second-order valence-corrected chi connectivity index (χ2v) is 5.27. The average molecular weight is 262 g/mol. The van der Waals surface area contributed by atoms with E-state index in [0.717, 1.165) is 22.6 Å². The molecule has 0 spiro atoms. The van der Waals surface area contributed by atoms with E-state index in [-0.39, 0.29) is 11.7 Å². The molecule has 0 saturated carbocycles. The Kier molecular flexibility index (Phi) is 3.85. The molecule has 1 aliphatic heterocycles. The van der Waals surface area contributed by atoms with Crippen LogP contribution in [0.1, 0.15) is 44.9 Å². The van der Waals surface area contributed by atoms with Gasteiger partial charge in [-0.1, -0.05) is 6.08 Å². The predicted octanol–water partition coefficient (Wildman–Crippen LogP) is 3.98. The number of methoxy groups -OCH3 is 1. The number of hydrogen-bond acceptors (Lipinski definition) is 3. The van der Waals surface area contributed by atoms with Crippen molar-refractivity contribution in [3.63, 3.8) is 0 Å². The third kappa shape index (κ3) is 2.92. The van der Waals surface area contributed by atoms with Crippen LogP contribution in [-0.4, -0.2) is 19.3 Å². The van der Waals surface area contributed by atoms with Gasteiger partial charge in [-0.15, -0.1) is 0 Å². The number of hydrogen-bond donors (Lipinski definition) is 0. The van der Waals surface area contributed by atoms with Crippen LogP contribution in [0.5, 0.6) is 11.5 Å². The summed E-state index contributed by atoms with van der Waals surface area (Å²) in [6.07, 6.45) is 4.17. The van der Waals surface area contributed by atoms with Gasteiger partial charge in [-0.05, 0) is 39.8 Å². The van der Waals surface area contributed by atoms with Gasteiger partial charge in [0.05, 0.1) is 13.2 Å². The molecule has 0 amide bonds. The zero-order valence-electron chi connectivity index (χ0n) is 12.3. The molecule has 0 unspecified atom stereocenters. The van der Waals surface area contributed by atoms with E-state index in [9.17, 15) is 0 Å².